The summed E-state index contributed by atoms with van der Waals surface area (Å²) in [6, 6.07) is 15.4. The van der Waals surface area contributed by atoms with Crippen molar-refractivity contribution >= 4 is 21.8 Å². The predicted molar refractivity (Wildman–Crippen MR) is 133 cm³/mol. The molecule has 6 rings (SSSR count). The number of H-pyrrole nitrogens is 1. The highest BCUT2D eigenvalue weighted by molar-refractivity contribution is 6.07. The molecule has 1 atom stereocenters. The maximum atomic E-state index is 4.87. The molecule has 6 heteroatoms. The number of nitrogens with zero attached hydrogens (tertiary/aromatic N) is 4. The largest absolute Gasteiger partial charge is 0.353 e. The Hall–Kier alpha value is -2.80. The monoisotopic (exact) mass is 440 g/mol. The van der Waals surface area contributed by atoms with Gasteiger partial charge in [-0.05, 0) is 43.0 Å². The van der Waals surface area contributed by atoms with Gasteiger partial charge >= 0.3 is 0 Å². The van der Waals surface area contributed by atoms with Crippen LogP contribution in [0.4, 0.5) is 0 Å². The van der Waals surface area contributed by atoms with E-state index < -0.39 is 0 Å². The van der Waals surface area contributed by atoms with Crippen LogP contribution in [-0.4, -0.2) is 64.0 Å². The molecule has 0 radical (unpaired) electrons. The number of para-hydroxylation sites is 1. The summed E-state index contributed by atoms with van der Waals surface area (Å²) < 4.78 is 0. The van der Waals surface area contributed by atoms with Gasteiger partial charge in [-0.25, -0.2) is 0 Å². The van der Waals surface area contributed by atoms with Crippen LogP contribution in [0.1, 0.15) is 35.8 Å². The molecular weight excluding hydrogens is 408 g/mol. The summed E-state index contributed by atoms with van der Waals surface area (Å²) in [6.07, 6.45) is 7.45. The fourth-order valence-corrected chi connectivity index (χ4v) is 5.63. The second-order valence-electron chi connectivity index (χ2n) is 9.37. The third-order valence-corrected chi connectivity index (χ3v) is 7.38. The zero-order valence-electron chi connectivity index (χ0n) is 19.1. The Morgan fingerprint density at radius 2 is 1.88 bits per heavy atom. The number of aromatic nitrogens is 3. The summed E-state index contributed by atoms with van der Waals surface area (Å²) >= 11 is 0. The second kappa shape index (κ2) is 9.21. The van der Waals surface area contributed by atoms with Crippen molar-refractivity contribution in [3.8, 4) is 0 Å². The summed E-state index contributed by atoms with van der Waals surface area (Å²) in [5.41, 5.74) is 6.17. The molecule has 4 aromatic rings. The van der Waals surface area contributed by atoms with Crippen LogP contribution in [0.5, 0.6) is 0 Å². The van der Waals surface area contributed by atoms with Gasteiger partial charge in [-0.3, -0.25) is 19.8 Å². The molecule has 170 valence electrons. The Balaban J connectivity index is 1.34. The van der Waals surface area contributed by atoms with Crippen LogP contribution in [-0.2, 0) is 13.0 Å². The number of hydrogen-bond donors (Lipinski definition) is 2. The van der Waals surface area contributed by atoms with Gasteiger partial charge in [0.15, 0.2) is 0 Å². The standard InChI is InChI=1S/C27H32N6/c1-2-8-23-21(7-1)22-10-12-29-24(27(22)31-23)19-33(18-17-32-15-13-28-14-16-32)25-9-3-5-20-6-4-11-30-26(20)25/h1-2,4,6-8,10-12,25,28,31H,3,5,9,13-19H2. The lowest BCUT2D eigenvalue weighted by Crippen LogP contribution is -2.46. The summed E-state index contributed by atoms with van der Waals surface area (Å²) in [5.74, 6) is 0. The van der Waals surface area contributed by atoms with Crippen molar-refractivity contribution in [2.45, 2.75) is 31.8 Å². The average Bonchev–Trinajstić information content (AvgIpc) is 3.26. The molecule has 2 N–H and O–H groups in total. The Bertz CT molecular complexity index is 1240. The molecule has 1 unspecified atom stereocenters. The predicted octanol–water partition coefficient (Wildman–Crippen LogP) is 3.90. The molecule has 1 saturated heterocycles. The topological polar surface area (TPSA) is 60.1 Å². The number of fused-ring (bicyclic) bond motifs is 4. The minimum Gasteiger partial charge on any atom is -0.353 e. The van der Waals surface area contributed by atoms with Gasteiger partial charge in [-0.1, -0.05) is 24.3 Å². The van der Waals surface area contributed by atoms with E-state index in [2.05, 4.69) is 62.6 Å². The number of pyridine rings is 2. The summed E-state index contributed by atoms with van der Waals surface area (Å²) in [7, 11) is 0. The normalized spacial score (nSPS) is 19.4. The van der Waals surface area contributed by atoms with Crippen LogP contribution < -0.4 is 5.32 Å². The van der Waals surface area contributed by atoms with Gasteiger partial charge in [0.2, 0.25) is 0 Å². The average molecular weight is 441 g/mol. The molecule has 3 aromatic heterocycles. The molecule has 1 aliphatic carbocycles. The van der Waals surface area contributed by atoms with Crippen molar-refractivity contribution in [3.63, 3.8) is 0 Å². The molecule has 0 amide bonds. The fraction of sp³-hybridized carbons (Fsp3) is 0.407. The fourth-order valence-electron chi connectivity index (χ4n) is 5.63. The van der Waals surface area contributed by atoms with Crippen molar-refractivity contribution in [1.82, 2.24) is 30.1 Å². The second-order valence-corrected chi connectivity index (χ2v) is 9.37. The first-order chi connectivity index (χ1) is 16.4. The third-order valence-electron chi connectivity index (χ3n) is 7.38. The number of aromatic amines is 1. The van der Waals surface area contributed by atoms with Gasteiger partial charge in [0.1, 0.15) is 0 Å². The maximum Gasteiger partial charge on any atom is 0.0784 e. The van der Waals surface area contributed by atoms with Gasteiger partial charge in [-0.15, -0.1) is 0 Å². The third kappa shape index (κ3) is 4.14. The number of benzene rings is 1. The van der Waals surface area contributed by atoms with E-state index in [1.165, 1.54) is 39.5 Å². The van der Waals surface area contributed by atoms with Gasteiger partial charge in [0.05, 0.1) is 22.9 Å². The lowest BCUT2D eigenvalue weighted by atomic mass is 9.90. The van der Waals surface area contributed by atoms with Crippen molar-refractivity contribution in [2.24, 2.45) is 0 Å². The van der Waals surface area contributed by atoms with Crippen molar-refractivity contribution in [1.29, 1.82) is 0 Å². The molecule has 4 heterocycles. The minimum absolute atomic E-state index is 0.347. The highest BCUT2D eigenvalue weighted by atomic mass is 15.2. The van der Waals surface area contributed by atoms with Crippen LogP contribution in [0.2, 0.25) is 0 Å². The van der Waals surface area contributed by atoms with Gasteiger partial charge in [0.25, 0.3) is 0 Å². The first-order valence-electron chi connectivity index (χ1n) is 12.3. The number of rotatable bonds is 6. The van der Waals surface area contributed by atoms with E-state index in [-0.39, 0.29) is 0 Å². The van der Waals surface area contributed by atoms with E-state index in [1.807, 2.05) is 12.4 Å². The molecule has 0 saturated carbocycles. The molecule has 6 nitrogen and oxygen atoms in total. The zero-order chi connectivity index (χ0) is 22.0. The number of piperazine rings is 1. The molecule has 1 fully saturated rings. The lowest BCUT2D eigenvalue weighted by Gasteiger charge is -2.37. The van der Waals surface area contributed by atoms with Crippen LogP contribution in [0, 0.1) is 0 Å². The Labute approximate surface area is 195 Å². The quantitative estimate of drug-likeness (QED) is 0.476. The van der Waals surface area contributed by atoms with E-state index in [9.17, 15) is 0 Å². The van der Waals surface area contributed by atoms with Crippen molar-refractivity contribution in [3.05, 3.63) is 71.8 Å². The molecule has 33 heavy (non-hydrogen) atoms. The summed E-state index contributed by atoms with van der Waals surface area (Å²) in [6.45, 7) is 7.37. The van der Waals surface area contributed by atoms with Gasteiger partial charge < -0.3 is 10.3 Å². The number of hydrogen-bond acceptors (Lipinski definition) is 5. The van der Waals surface area contributed by atoms with E-state index in [0.717, 1.165) is 64.3 Å². The number of aryl methyl sites for hydroxylation is 1. The van der Waals surface area contributed by atoms with E-state index in [4.69, 9.17) is 9.97 Å². The highest BCUT2D eigenvalue weighted by Gasteiger charge is 2.28. The summed E-state index contributed by atoms with van der Waals surface area (Å²) in [4.78, 5) is 18.6. The molecule has 1 aliphatic heterocycles. The van der Waals surface area contributed by atoms with E-state index in [0.29, 0.717) is 6.04 Å². The molecular formula is C27H32N6. The Morgan fingerprint density at radius 1 is 0.970 bits per heavy atom. The van der Waals surface area contributed by atoms with Crippen LogP contribution >= 0.6 is 0 Å². The van der Waals surface area contributed by atoms with Crippen molar-refractivity contribution < 1.29 is 0 Å². The smallest absolute Gasteiger partial charge is 0.0784 e. The SMILES string of the molecule is c1cnc2c(c1)CCCC2N(CCN1CCNCC1)Cc1nccc2c1[nH]c1ccccc12. The van der Waals surface area contributed by atoms with Crippen molar-refractivity contribution in [2.75, 3.05) is 39.3 Å². The minimum atomic E-state index is 0.347. The molecule has 0 bridgehead atoms. The first kappa shape index (κ1) is 20.8. The number of nitrogens with one attached hydrogen (secondary N) is 2. The maximum absolute atomic E-state index is 4.87. The lowest BCUT2D eigenvalue weighted by molar-refractivity contribution is 0.131. The molecule has 2 aliphatic rings. The highest BCUT2D eigenvalue weighted by Crippen LogP contribution is 2.35. The first-order valence-corrected chi connectivity index (χ1v) is 12.3. The van der Waals surface area contributed by atoms with Crippen LogP contribution in [0.3, 0.4) is 0 Å². The van der Waals surface area contributed by atoms with Gasteiger partial charge in [0, 0.05) is 74.5 Å². The Morgan fingerprint density at radius 3 is 2.82 bits per heavy atom. The molecule has 1 aromatic carbocycles. The van der Waals surface area contributed by atoms with Gasteiger partial charge in [-0.2, -0.15) is 0 Å². The summed E-state index contributed by atoms with van der Waals surface area (Å²) in [5, 5.41) is 6.01. The van der Waals surface area contributed by atoms with Crippen LogP contribution in [0.25, 0.3) is 21.8 Å². The van der Waals surface area contributed by atoms with Crippen LogP contribution in [0.15, 0.2) is 54.9 Å². The van der Waals surface area contributed by atoms with E-state index >= 15 is 0 Å². The Kier molecular flexibility index (Phi) is 5.80. The zero-order valence-corrected chi connectivity index (χ0v) is 19.1. The molecule has 0 spiro atoms. The van der Waals surface area contributed by atoms with E-state index in [1.54, 1.807) is 0 Å².